The Morgan fingerprint density at radius 1 is 1.25 bits per heavy atom. The van der Waals surface area contributed by atoms with Crippen LogP contribution in [0.5, 0.6) is 0 Å². The van der Waals surface area contributed by atoms with E-state index in [0.717, 1.165) is 31.3 Å². The smallest absolute Gasteiger partial charge is 0.386 e. The van der Waals surface area contributed by atoms with Crippen LogP contribution in [-0.2, 0) is 18.3 Å². The number of nitrogens with zero attached hydrogens (tertiary/aromatic N) is 8. The van der Waals surface area contributed by atoms with Gasteiger partial charge in [0.15, 0.2) is 39.9 Å². The SMILES string of the molecule is C[C@]1(F)[C@@H](CO)S[C@@H](n2cnc3c(=O)[nH]c(N)nc32)[C@@H]1OP(=O)(S)OC[C@H]1O[C@@H](n2nnc3c(N)ncnc32)C(F)(F)[C@@H]1O. The molecule has 0 aromatic carbocycles. The van der Waals surface area contributed by atoms with Crippen molar-refractivity contribution in [2.75, 3.05) is 24.7 Å². The maximum Gasteiger partial charge on any atom is 0.386 e. The average Bonchev–Trinajstić information content (AvgIpc) is 3.67. The van der Waals surface area contributed by atoms with Crippen molar-refractivity contribution in [2.45, 2.75) is 53.7 Å². The number of aromatic amines is 1. The van der Waals surface area contributed by atoms with E-state index in [2.05, 4.69) is 47.5 Å². The molecule has 0 radical (unpaired) electrons. The monoisotopic (exact) mass is 681 g/mol. The number of nitrogens with two attached hydrogens (primary N) is 2. The van der Waals surface area contributed by atoms with Crippen LogP contribution in [0, 0.1) is 0 Å². The molecular weight excluding hydrogens is 658 g/mol. The van der Waals surface area contributed by atoms with Gasteiger partial charge in [-0.05, 0) is 6.92 Å². The van der Waals surface area contributed by atoms with Crippen molar-refractivity contribution < 1.29 is 41.7 Å². The number of alkyl halides is 3. The van der Waals surface area contributed by atoms with Crippen LogP contribution >= 0.6 is 30.8 Å². The van der Waals surface area contributed by atoms with E-state index in [4.69, 9.17) is 25.3 Å². The number of H-pyrrole nitrogens is 1. The van der Waals surface area contributed by atoms with Crippen molar-refractivity contribution in [1.29, 1.82) is 0 Å². The van der Waals surface area contributed by atoms with Crippen molar-refractivity contribution in [1.82, 2.24) is 44.5 Å². The lowest BCUT2D eigenvalue weighted by Gasteiger charge is -2.30. The minimum atomic E-state index is -4.62. The number of anilines is 2. The molecular formula is C20H23F3N11O7PS2. The molecule has 6 heterocycles. The van der Waals surface area contributed by atoms with Crippen LogP contribution in [0.3, 0.4) is 0 Å². The molecule has 24 heteroatoms. The Morgan fingerprint density at radius 2 is 2.00 bits per heavy atom. The zero-order valence-electron chi connectivity index (χ0n) is 22.1. The third-order valence-electron chi connectivity index (χ3n) is 7.18. The van der Waals surface area contributed by atoms with Gasteiger partial charge in [0, 0.05) is 0 Å². The third kappa shape index (κ3) is 5.00. The number of halogens is 3. The summed E-state index contributed by atoms with van der Waals surface area (Å²) >= 11 is 4.77. The first-order chi connectivity index (χ1) is 20.7. The van der Waals surface area contributed by atoms with Gasteiger partial charge in [-0.25, -0.2) is 23.9 Å². The summed E-state index contributed by atoms with van der Waals surface area (Å²) in [6.45, 7) is -5.15. The van der Waals surface area contributed by atoms with Gasteiger partial charge in [0.05, 0.1) is 24.8 Å². The lowest BCUT2D eigenvalue weighted by Crippen LogP contribution is -2.43. The quantitative estimate of drug-likeness (QED) is 0.107. The second-order valence-electron chi connectivity index (χ2n) is 10.0. The molecule has 0 bridgehead atoms. The molecule has 2 fully saturated rings. The van der Waals surface area contributed by atoms with E-state index in [1.165, 1.54) is 4.57 Å². The first kappa shape index (κ1) is 31.0. The number of thioether (sulfide) groups is 1. The van der Waals surface area contributed by atoms with Crippen LogP contribution in [0.15, 0.2) is 17.4 Å². The largest absolute Gasteiger partial charge is 0.395 e. The number of imidazole rings is 1. The topological polar surface area (TPSA) is 257 Å². The maximum atomic E-state index is 16.1. The van der Waals surface area contributed by atoms with E-state index in [9.17, 15) is 19.6 Å². The molecule has 0 saturated carbocycles. The van der Waals surface area contributed by atoms with Crippen LogP contribution in [0.2, 0.25) is 0 Å². The molecule has 1 unspecified atom stereocenters. The zero-order chi connectivity index (χ0) is 31.8. The first-order valence-corrected chi connectivity index (χ1v) is 16.2. The summed E-state index contributed by atoms with van der Waals surface area (Å²) in [5.74, 6) is -4.35. The number of ether oxygens (including phenoxy) is 1. The van der Waals surface area contributed by atoms with Crippen molar-refractivity contribution in [3.8, 4) is 0 Å². The highest BCUT2D eigenvalue weighted by molar-refractivity contribution is 8.44. The van der Waals surface area contributed by atoms with E-state index in [-0.39, 0.29) is 34.1 Å². The minimum Gasteiger partial charge on any atom is -0.395 e. The highest BCUT2D eigenvalue weighted by Crippen LogP contribution is 2.62. The Kier molecular flexibility index (Phi) is 7.59. The molecule has 18 nitrogen and oxygen atoms in total. The van der Waals surface area contributed by atoms with Gasteiger partial charge in [-0.1, -0.05) is 17.5 Å². The Labute approximate surface area is 252 Å². The van der Waals surface area contributed by atoms with E-state index in [0.29, 0.717) is 4.68 Å². The molecule has 0 amide bonds. The summed E-state index contributed by atoms with van der Waals surface area (Å²) in [6, 6.07) is 0. The fraction of sp³-hybridized carbons (Fsp3) is 0.550. The summed E-state index contributed by atoms with van der Waals surface area (Å²) in [5.41, 5.74) is 7.82. The molecule has 2 saturated heterocycles. The van der Waals surface area contributed by atoms with Crippen LogP contribution in [0.25, 0.3) is 22.3 Å². The highest BCUT2D eigenvalue weighted by Gasteiger charge is 2.61. The van der Waals surface area contributed by atoms with Gasteiger partial charge in [-0.3, -0.25) is 23.4 Å². The molecule has 0 aliphatic carbocycles. The summed E-state index contributed by atoms with van der Waals surface area (Å²) in [7, 11) is 0. The Hall–Kier alpha value is -3.05. The molecule has 7 N–H and O–H groups in total. The molecule has 8 atom stereocenters. The Balaban J connectivity index is 1.23. The number of hydrogen-bond acceptors (Lipinski definition) is 16. The van der Waals surface area contributed by atoms with E-state index in [1.54, 1.807) is 0 Å². The minimum absolute atomic E-state index is 0.0509. The van der Waals surface area contributed by atoms with Crippen LogP contribution in [0.4, 0.5) is 24.9 Å². The predicted octanol–water partition coefficient (Wildman–Crippen LogP) is 0.187. The number of hydrogen-bond donors (Lipinski definition) is 6. The number of thiol groups is 1. The lowest BCUT2D eigenvalue weighted by molar-refractivity contribution is -0.142. The van der Waals surface area contributed by atoms with Crippen molar-refractivity contribution in [3.63, 3.8) is 0 Å². The Bertz CT molecular complexity index is 1840. The van der Waals surface area contributed by atoms with Gasteiger partial charge in [-0.2, -0.15) is 18.4 Å². The maximum absolute atomic E-state index is 16.1. The number of fused-ring (bicyclic) bond motifs is 2. The van der Waals surface area contributed by atoms with Crippen molar-refractivity contribution in [3.05, 3.63) is 23.0 Å². The molecule has 44 heavy (non-hydrogen) atoms. The van der Waals surface area contributed by atoms with Crippen LogP contribution < -0.4 is 17.0 Å². The normalized spacial score (nSPS) is 31.6. The second-order valence-corrected chi connectivity index (χ2v) is 14.2. The van der Waals surface area contributed by atoms with Crippen LogP contribution in [0.1, 0.15) is 18.5 Å². The standard InChI is InChI=1S/C20H23F3N11O7PS2/c1-19(21)7(2-35)44-16(33-5-28-9-14(33)29-18(25)30-15(9)37)11(19)41-42(38,43)39-3-6-10(36)20(22,23)17(40-6)34-13-8(31-32-34)12(24)26-4-27-13/h4-7,10-11,16-17,35-36H,2-3H2,1H3,(H,38,43)(H2,24,26,27)(H3,25,29,30,37)/t6-,7-,10-,11+,16-,17-,19+,42?/m1/s1. The van der Waals surface area contributed by atoms with Gasteiger partial charge in [0.25, 0.3) is 5.56 Å². The van der Waals surface area contributed by atoms with E-state index >= 15 is 13.2 Å². The number of aliphatic hydroxyl groups is 2. The molecule has 4 aromatic heterocycles. The summed E-state index contributed by atoms with van der Waals surface area (Å²) in [5, 5.41) is 25.2. The van der Waals surface area contributed by atoms with Crippen molar-refractivity contribution >= 4 is 64.9 Å². The van der Waals surface area contributed by atoms with Gasteiger partial charge >= 0.3 is 12.7 Å². The first-order valence-electron chi connectivity index (χ1n) is 12.5. The Morgan fingerprint density at radius 3 is 2.73 bits per heavy atom. The fourth-order valence-corrected chi connectivity index (χ4v) is 8.07. The summed E-state index contributed by atoms with van der Waals surface area (Å²) in [4.78, 5) is 30.1. The highest BCUT2D eigenvalue weighted by atomic mass is 32.7. The van der Waals surface area contributed by atoms with Gasteiger partial charge in [-0.15, -0.1) is 16.9 Å². The van der Waals surface area contributed by atoms with Gasteiger partial charge in [0.2, 0.25) is 12.2 Å². The number of nitrogen functional groups attached to an aromatic ring is 2. The number of aliphatic hydroxyl groups excluding tert-OH is 2. The van der Waals surface area contributed by atoms with Gasteiger partial charge in [0.1, 0.15) is 23.9 Å². The summed E-state index contributed by atoms with van der Waals surface area (Å²) < 4.78 is 77.6. The summed E-state index contributed by atoms with van der Waals surface area (Å²) in [6.07, 6.45) is -6.03. The average molecular weight is 682 g/mol. The lowest BCUT2D eigenvalue weighted by atomic mass is 9.97. The van der Waals surface area contributed by atoms with Gasteiger partial charge < -0.3 is 26.4 Å². The number of nitrogens with one attached hydrogen (secondary N) is 1. The molecule has 2 aliphatic heterocycles. The molecule has 238 valence electrons. The second kappa shape index (κ2) is 10.8. The molecule has 4 aromatic rings. The molecule has 2 aliphatic rings. The molecule has 0 spiro atoms. The molecule has 6 rings (SSSR count). The fourth-order valence-electron chi connectivity index (χ4n) is 4.91. The van der Waals surface area contributed by atoms with Crippen molar-refractivity contribution in [2.24, 2.45) is 0 Å². The van der Waals surface area contributed by atoms with E-state index in [1.807, 2.05) is 0 Å². The number of rotatable bonds is 8. The predicted molar refractivity (Wildman–Crippen MR) is 149 cm³/mol. The number of aromatic nitrogens is 9. The third-order valence-corrected chi connectivity index (χ3v) is 10.5. The van der Waals surface area contributed by atoms with E-state index < -0.39 is 72.3 Å². The zero-order valence-corrected chi connectivity index (χ0v) is 24.7. The van der Waals surface area contributed by atoms with Crippen LogP contribution in [-0.4, -0.2) is 103 Å².